The summed E-state index contributed by atoms with van der Waals surface area (Å²) in [5, 5.41) is 13.2. The molecule has 2 aliphatic heterocycles. The molecule has 0 radical (unpaired) electrons. The van der Waals surface area contributed by atoms with E-state index >= 15 is 0 Å². The number of para-hydroxylation sites is 1. The number of phenolic OH excluding ortho intramolecular Hbond substituents is 1. The van der Waals surface area contributed by atoms with Gasteiger partial charge in [0.25, 0.3) is 0 Å². The van der Waals surface area contributed by atoms with E-state index in [-0.39, 0.29) is 5.75 Å². The van der Waals surface area contributed by atoms with Gasteiger partial charge in [-0.3, -0.25) is 0 Å². The molecule has 20 heavy (non-hydrogen) atoms. The van der Waals surface area contributed by atoms with Gasteiger partial charge in [-0.1, -0.05) is 18.6 Å². The molecule has 0 saturated carbocycles. The fraction of sp³-hybridized carbons (Fsp3) is 0.625. The molecule has 0 amide bonds. The Morgan fingerprint density at radius 2 is 2.00 bits per heavy atom. The Morgan fingerprint density at radius 3 is 2.70 bits per heavy atom. The van der Waals surface area contributed by atoms with Crippen molar-refractivity contribution in [2.24, 2.45) is 0 Å². The normalized spacial score (nSPS) is 30.4. The molecular formula is C16H23FN2O. The van der Waals surface area contributed by atoms with Gasteiger partial charge in [0.2, 0.25) is 0 Å². The van der Waals surface area contributed by atoms with E-state index in [4.69, 9.17) is 0 Å². The van der Waals surface area contributed by atoms with Crippen LogP contribution in [0.25, 0.3) is 0 Å². The third-order valence-electron chi connectivity index (χ3n) is 4.99. The number of aromatic hydroxyl groups is 1. The van der Waals surface area contributed by atoms with Crippen LogP contribution in [-0.2, 0) is 6.54 Å². The molecule has 3 nitrogen and oxygen atoms in total. The number of halogens is 1. The number of phenols is 1. The summed E-state index contributed by atoms with van der Waals surface area (Å²) in [5.41, 5.74) is 0.647. The zero-order valence-corrected chi connectivity index (χ0v) is 12.0. The molecule has 0 spiro atoms. The lowest BCUT2D eigenvalue weighted by atomic mass is 9.82. The first-order chi connectivity index (χ1) is 9.65. The lowest BCUT2D eigenvalue weighted by Crippen LogP contribution is -2.54. The number of nitrogens with one attached hydrogen (secondary N) is 1. The van der Waals surface area contributed by atoms with Gasteiger partial charge >= 0.3 is 0 Å². The zero-order valence-electron chi connectivity index (χ0n) is 12.0. The summed E-state index contributed by atoms with van der Waals surface area (Å²) in [6, 6.07) is 6.56. The summed E-state index contributed by atoms with van der Waals surface area (Å²) in [5.74, 6) is -0.752. The summed E-state index contributed by atoms with van der Waals surface area (Å²) < 4.78 is 13.3. The summed E-state index contributed by atoms with van der Waals surface area (Å²) in [6.45, 7) is 0.539. The number of piperidine rings is 2. The maximum Gasteiger partial charge on any atom is 0.165 e. The minimum Gasteiger partial charge on any atom is -0.505 e. The van der Waals surface area contributed by atoms with E-state index in [1.165, 1.54) is 25.3 Å². The zero-order chi connectivity index (χ0) is 14.1. The monoisotopic (exact) mass is 278 g/mol. The summed E-state index contributed by atoms with van der Waals surface area (Å²) in [4.78, 5) is 2.53. The molecule has 4 heteroatoms. The van der Waals surface area contributed by atoms with Crippen LogP contribution in [0.4, 0.5) is 4.39 Å². The molecule has 2 saturated heterocycles. The van der Waals surface area contributed by atoms with Crippen molar-refractivity contribution in [3.8, 4) is 5.75 Å². The smallest absolute Gasteiger partial charge is 0.165 e. The number of nitrogens with zero attached hydrogens (tertiary/aromatic N) is 1. The first-order valence-electron chi connectivity index (χ1n) is 7.57. The Bertz CT molecular complexity index is 466. The highest BCUT2D eigenvalue weighted by Crippen LogP contribution is 2.33. The first kappa shape index (κ1) is 13.8. The Balaban J connectivity index is 1.60. The van der Waals surface area contributed by atoms with Gasteiger partial charge in [0.1, 0.15) is 0 Å². The van der Waals surface area contributed by atoms with Crippen molar-refractivity contribution in [2.75, 3.05) is 7.05 Å². The SMILES string of the molecule is CN1C2CCCC1CC(NCc1cccc(F)c1O)C2. The van der Waals surface area contributed by atoms with Crippen LogP contribution in [0.3, 0.4) is 0 Å². The summed E-state index contributed by atoms with van der Waals surface area (Å²) in [6.07, 6.45) is 6.23. The Hall–Kier alpha value is -1.13. The number of hydrogen-bond donors (Lipinski definition) is 2. The number of hydrogen-bond acceptors (Lipinski definition) is 3. The Kier molecular flexibility index (Phi) is 3.94. The van der Waals surface area contributed by atoms with Crippen LogP contribution in [0.1, 0.15) is 37.7 Å². The standard InChI is InChI=1S/C16H23FN2O/c1-19-13-5-3-6-14(19)9-12(8-13)18-10-11-4-2-7-15(17)16(11)20/h2,4,7,12-14,18,20H,3,5-6,8-10H2,1H3. The van der Waals surface area contributed by atoms with Gasteiger partial charge in [-0.2, -0.15) is 0 Å². The van der Waals surface area contributed by atoms with Crippen LogP contribution in [0.5, 0.6) is 5.75 Å². The third kappa shape index (κ3) is 2.67. The van der Waals surface area contributed by atoms with Crippen LogP contribution in [-0.4, -0.2) is 35.2 Å². The van der Waals surface area contributed by atoms with Gasteiger partial charge in [-0.05, 0) is 38.8 Å². The predicted molar refractivity (Wildman–Crippen MR) is 77.1 cm³/mol. The van der Waals surface area contributed by atoms with Crippen LogP contribution in [0.2, 0.25) is 0 Å². The molecule has 110 valence electrons. The van der Waals surface area contributed by atoms with Gasteiger partial charge in [0.15, 0.2) is 11.6 Å². The lowest BCUT2D eigenvalue weighted by molar-refractivity contribution is 0.0482. The van der Waals surface area contributed by atoms with E-state index < -0.39 is 5.82 Å². The molecule has 2 N–H and O–H groups in total. The maximum atomic E-state index is 13.3. The summed E-state index contributed by atoms with van der Waals surface area (Å²) in [7, 11) is 2.24. The number of rotatable bonds is 3. The second-order valence-electron chi connectivity index (χ2n) is 6.20. The van der Waals surface area contributed by atoms with Gasteiger partial charge in [-0.15, -0.1) is 0 Å². The average Bonchev–Trinajstić information content (AvgIpc) is 2.41. The highest BCUT2D eigenvalue weighted by atomic mass is 19.1. The lowest BCUT2D eigenvalue weighted by Gasteiger charge is -2.47. The average molecular weight is 278 g/mol. The fourth-order valence-electron chi connectivity index (χ4n) is 3.74. The minimum atomic E-state index is -0.537. The molecule has 2 unspecified atom stereocenters. The van der Waals surface area contributed by atoms with E-state index in [0.717, 1.165) is 12.8 Å². The van der Waals surface area contributed by atoms with E-state index in [2.05, 4.69) is 17.3 Å². The largest absolute Gasteiger partial charge is 0.505 e. The molecular weight excluding hydrogens is 255 g/mol. The van der Waals surface area contributed by atoms with E-state index in [1.54, 1.807) is 12.1 Å². The van der Waals surface area contributed by atoms with Crippen molar-refractivity contribution >= 4 is 0 Å². The van der Waals surface area contributed by atoms with Crippen molar-refractivity contribution in [1.82, 2.24) is 10.2 Å². The Labute approximate surface area is 119 Å². The highest BCUT2D eigenvalue weighted by molar-refractivity contribution is 5.33. The molecule has 3 rings (SSSR count). The van der Waals surface area contributed by atoms with Crippen LogP contribution >= 0.6 is 0 Å². The molecule has 2 atom stereocenters. The highest BCUT2D eigenvalue weighted by Gasteiger charge is 2.35. The first-order valence-corrected chi connectivity index (χ1v) is 7.57. The van der Waals surface area contributed by atoms with Crippen molar-refractivity contribution in [1.29, 1.82) is 0 Å². The molecule has 0 aliphatic carbocycles. The predicted octanol–water partition coefficient (Wildman–Crippen LogP) is 2.64. The summed E-state index contributed by atoms with van der Waals surface area (Å²) >= 11 is 0. The fourth-order valence-corrected chi connectivity index (χ4v) is 3.74. The van der Waals surface area contributed by atoms with Crippen molar-refractivity contribution in [3.63, 3.8) is 0 Å². The number of benzene rings is 1. The van der Waals surface area contributed by atoms with Gasteiger partial charge in [-0.25, -0.2) is 4.39 Å². The molecule has 2 fully saturated rings. The second kappa shape index (κ2) is 5.70. The van der Waals surface area contributed by atoms with E-state index in [0.29, 0.717) is 30.2 Å². The molecule has 0 aromatic heterocycles. The van der Waals surface area contributed by atoms with Crippen LogP contribution in [0.15, 0.2) is 18.2 Å². The molecule has 1 aromatic rings. The van der Waals surface area contributed by atoms with Gasteiger partial charge < -0.3 is 15.3 Å². The second-order valence-corrected chi connectivity index (χ2v) is 6.20. The van der Waals surface area contributed by atoms with Crippen LogP contribution in [0, 0.1) is 5.82 Å². The van der Waals surface area contributed by atoms with Crippen molar-refractivity contribution in [2.45, 2.75) is 56.8 Å². The van der Waals surface area contributed by atoms with Crippen molar-refractivity contribution < 1.29 is 9.50 Å². The van der Waals surface area contributed by atoms with E-state index in [9.17, 15) is 9.50 Å². The minimum absolute atomic E-state index is 0.215. The molecule has 2 aliphatic rings. The quantitative estimate of drug-likeness (QED) is 0.892. The van der Waals surface area contributed by atoms with Gasteiger partial charge in [0.05, 0.1) is 0 Å². The molecule has 2 heterocycles. The van der Waals surface area contributed by atoms with Crippen molar-refractivity contribution in [3.05, 3.63) is 29.6 Å². The van der Waals surface area contributed by atoms with Gasteiger partial charge in [0, 0.05) is 30.2 Å². The third-order valence-corrected chi connectivity index (χ3v) is 4.99. The molecule has 2 bridgehead atoms. The topological polar surface area (TPSA) is 35.5 Å². The maximum absolute atomic E-state index is 13.3. The van der Waals surface area contributed by atoms with Crippen LogP contribution < -0.4 is 5.32 Å². The Morgan fingerprint density at radius 1 is 1.30 bits per heavy atom. The number of fused-ring (bicyclic) bond motifs is 2. The molecule has 1 aromatic carbocycles. The van der Waals surface area contributed by atoms with E-state index in [1.807, 2.05) is 0 Å².